The summed E-state index contributed by atoms with van der Waals surface area (Å²) in [6.45, 7) is 1.14. The van der Waals surface area contributed by atoms with Crippen LogP contribution in [0.2, 0.25) is 0 Å². The second-order valence-corrected chi connectivity index (χ2v) is 6.61. The van der Waals surface area contributed by atoms with E-state index in [1.54, 1.807) is 14.2 Å². The highest BCUT2D eigenvalue weighted by Crippen LogP contribution is 2.23. The van der Waals surface area contributed by atoms with Crippen molar-refractivity contribution in [3.8, 4) is 11.5 Å². The van der Waals surface area contributed by atoms with Crippen molar-refractivity contribution in [2.75, 3.05) is 33.1 Å². The van der Waals surface area contributed by atoms with Crippen molar-refractivity contribution in [3.63, 3.8) is 0 Å². The van der Waals surface area contributed by atoms with Gasteiger partial charge in [-0.2, -0.15) is 0 Å². The van der Waals surface area contributed by atoms with Crippen LogP contribution >= 0.6 is 0 Å². The van der Waals surface area contributed by atoms with Crippen LogP contribution in [0.3, 0.4) is 0 Å². The molecule has 0 saturated carbocycles. The molecule has 5 nitrogen and oxygen atoms in total. The third-order valence-electron chi connectivity index (χ3n) is 4.46. The van der Waals surface area contributed by atoms with Gasteiger partial charge in [0, 0.05) is 5.56 Å². The molecule has 0 heterocycles. The number of fused-ring (bicyclic) bond motifs is 1. The number of quaternary nitrogens is 1. The number of hydrogen-bond donors (Lipinski definition) is 2. The minimum absolute atomic E-state index is 0.0393. The van der Waals surface area contributed by atoms with Crippen LogP contribution in [0.25, 0.3) is 10.8 Å². The Morgan fingerprint density at radius 1 is 0.963 bits per heavy atom. The predicted molar refractivity (Wildman–Crippen MR) is 108 cm³/mol. The minimum Gasteiger partial charge on any atom is -0.497 e. The van der Waals surface area contributed by atoms with Gasteiger partial charge in [-0.25, -0.2) is 0 Å². The molecule has 0 radical (unpaired) electrons. The first-order chi connectivity index (χ1) is 13.1. The highest BCUT2D eigenvalue weighted by molar-refractivity contribution is 5.93. The standard InChI is InChI=1S/C22H24N2O3/c1-24(15-22(25)23-20-6-4-5-7-21(20)27-3)14-16-8-9-18-13-19(26-2)11-10-17(18)12-16/h4-13H,14-15H2,1-3H3,(H,23,25)/p+1. The number of para-hydroxylation sites is 2. The van der Waals surface area contributed by atoms with Crippen molar-refractivity contribution in [1.82, 2.24) is 0 Å². The van der Waals surface area contributed by atoms with Crippen LogP contribution in [-0.2, 0) is 11.3 Å². The zero-order chi connectivity index (χ0) is 19.2. The lowest BCUT2D eigenvalue weighted by Crippen LogP contribution is -3.08. The first-order valence-electron chi connectivity index (χ1n) is 8.90. The maximum Gasteiger partial charge on any atom is 0.279 e. The number of benzene rings is 3. The van der Waals surface area contributed by atoms with Gasteiger partial charge in [0.2, 0.25) is 0 Å². The van der Waals surface area contributed by atoms with Gasteiger partial charge in [-0.05, 0) is 41.1 Å². The molecule has 0 saturated heterocycles. The van der Waals surface area contributed by atoms with E-state index in [9.17, 15) is 4.79 Å². The lowest BCUT2D eigenvalue weighted by atomic mass is 10.1. The Bertz CT molecular complexity index is 940. The molecule has 0 fully saturated rings. The summed E-state index contributed by atoms with van der Waals surface area (Å²) in [4.78, 5) is 13.5. The molecule has 0 aliphatic heterocycles. The van der Waals surface area contributed by atoms with Crippen LogP contribution in [0.5, 0.6) is 11.5 Å². The SMILES string of the molecule is COc1ccc2cc(C[NH+](C)CC(=O)Nc3ccccc3OC)ccc2c1. The third-order valence-corrected chi connectivity index (χ3v) is 4.46. The van der Waals surface area contributed by atoms with Crippen LogP contribution in [0.15, 0.2) is 60.7 Å². The number of methoxy groups -OCH3 is 2. The summed E-state index contributed by atoms with van der Waals surface area (Å²) < 4.78 is 10.5. The van der Waals surface area contributed by atoms with Crippen molar-refractivity contribution in [3.05, 3.63) is 66.2 Å². The Morgan fingerprint density at radius 3 is 2.48 bits per heavy atom. The van der Waals surface area contributed by atoms with Gasteiger partial charge in [-0.3, -0.25) is 4.79 Å². The molecule has 3 rings (SSSR count). The molecule has 5 heteroatoms. The van der Waals surface area contributed by atoms with Crippen molar-refractivity contribution in [2.45, 2.75) is 6.54 Å². The molecule has 1 unspecified atom stereocenters. The third kappa shape index (κ3) is 4.77. The number of likely N-dealkylation sites (N-methyl/N-ethyl adjacent to an activating group) is 1. The second kappa shape index (κ2) is 8.56. The molecule has 1 atom stereocenters. The van der Waals surface area contributed by atoms with Crippen LogP contribution in [-0.4, -0.2) is 33.7 Å². The quantitative estimate of drug-likeness (QED) is 0.676. The van der Waals surface area contributed by atoms with E-state index in [0.717, 1.165) is 22.6 Å². The lowest BCUT2D eigenvalue weighted by molar-refractivity contribution is -0.885. The molecular weight excluding hydrogens is 340 g/mol. The number of carbonyl (C=O) groups excluding carboxylic acids is 1. The van der Waals surface area contributed by atoms with E-state index in [2.05, 4.69) is 29.6 Å². The molecule has 27 heavy (non-hydrogen) atoms. The zero-order valence-electron chi connectivity index (χ0n) is 15.9. The Balaban J connectivity index is 1.62. The first-order valence-corrected chi connectivity index (χ1v) is 8.90. The molecule has 2 N–H and O–H groups in total. The number of carbonyl (C=O) groups is 1. The summed E-state index contributed by atoms with van der Waals surface area (Å²) in [5.41, 5.74) is 1.88. The number of anilines is 1. The summed E-state index contributed by atoms with van der Waals surface area (Å²) in [5.74, 6) is 1.47. The van der Waals surface area contributed by atoms with E-state index in [0.29, 0.717) is 18.0 Å². The summed E-state index contributed by atoms with van der Waals surface area (Å²) in [5, 5.41) is 5.23. The Kier molecular flexibility index (Phi) is 5.94. The smallest absolute Gasteiger partial charge is 0.279 e. The van der Waals surface area contributed by atoms with Crippen molar-refractivity contribution in [2.24, 2.45) is 0 Å². The largest absolute Gasteiger partial charge is 0.497 e. The molecule has 1 amide bonds. The zero-order valence-corrected chi connectivity index (χ0v) is 15.9. The van der Waals surface area contributed by atoms with Gasteiger partial charge in [0.05, 0.1) is 27.0 Å². The summed E-state index contributed by atoms with van der Waals surface area (Å²) in [7, 11) is 5.28. The van der Waals surface area contributed by atoms with E-state index < -0.39 is 0 Å². The van der Waals surface area contributed by atoms with E-state index in [-0.39, 0.29) is 5.91 Å². The molecule has 0 aromatic heterocycles. The summed E-state index contributed by atoms with van der Waals surface area (Å²) in [6.07, 6.45) is 0. The fraction of sp³-hybridized carbons (Fsp3) is 0.227. The number of ether oxygens (including phenoxy) is 2. The molecule has 140 valence electrons. The Hall–Kier alpha value is -3.05. The maximum absolute atomic E-state index is 12.4. The normalized spacial score (nSPS) is 11.8. The number of rotatable bonds is 7. The monoisotopic (exact) mass is 365 g/mol. The van der Waals surface area contributed by atoms with E-state index in [1.165, 1.54) is 10.9 Å². The van der Waals surface area contributed by atoms with E-state index in [1.807, 2.05) is 43.4 Å². The first kappa shape index (κ1) is 18.7. The Morgan fingerprint density at radius 2 is 1.70 bits per heavy atom. The van der Waals surface area contributed by atoms with Gasteiger partial charge in [-0.15, -0.1) is 0 Å². The molecule has 0 spiro atoms. The molecule has 0 aliphatic carbocycles. The minimum atomic E-state index is -0.0393. The average molecular weight is 365 g/mol. The number of amides is 1. The van der Waals surface area contributed by atoms with Gasteiger partial charge in [-0.1, -0.05) is 30.3 Å². The van der Waals surface area contributed by atoms with Gasteiger partial charge in [0.25, 0.3) is 5.91 Å². The van der Waals surface area contributed by atoms with E-state index in [4.69, 9.17) is 9.47 Å². The molecular formula is C22H25N2O3+. The highest BCUT2D eigenvalue weighted by Gasteiger charge is 2.13. The van der Waals surface area contributed by atoms with Gasteiger partial charge in [0.1, 0.15) is 18.0 Å². The molecule has 0 bridgehead atoms. The summed E-state index contributed by atoms with van der Waals surface area (Å²) in [6, 6.07) is 19.8. The average Bonchev–Trinajstić information content (AvgIpc) is 2.67. The van der Waals surface area contributed by atoms with Gasteiger partial charge < -0.3 is 19.7 Å². The van der Waals surface area contributed by atoms with Crippen molar-refractivity contribution < 1.29 is 19.2 Å². The Labute approximate surface area is 159 Å². The van der Waals surface area contributed by atoms with Crippen LogP contribution < -0.4 is 19.7 Å². The molecule has 3 aromatic rings. The predicted octanol–water partition coefficient (Wildman–Crippen LogP) is 2.51. The topological polar surface area (TPSA) is 52.0 Å². The van der Waals surface area contributed by atoms with Crippen molar-refractivity contribution in [1.29, 1.82) is 0 Å². The molecule has 3 aromatic carbocycles. The summed E-state index contributed by atoms with van der Waals surface area (Å²) >= 11 is 0. The van der Waals surface area contributed by atoms with Crippen LogP contribution in [0.1, 0.15) is 5.56 Å². The van der Waals surface area contributed by atoms with Crippen molar-refractivity contribution >= 4 is 22.4 Å². The van der Waals surface area contributed by atoms with Crippen LogP contribution in [0.4, 0.5) is 5.69 Å². The van der Waals surface area contributed by atoms with Crippen LogP contribution in [0, 0.1) is 0 Å². The fourth-order valence-electron chi connectivity index (χ4n) is 3.14. The maximum atomic E-state index is 12.4. The second-order valence-electron chi connectivity index (χ2n) is 6.61. The van der Waals surface area contributed by atoms with Gasteiger partial charge in [0.15, 0.2) is 6.54 Å². The van der Waals surface area contributed by atoms with Gasteiger partial charge >= 0.3 is 0 Å². The number of nitrogens with one attached hydrogen (secondary N) is 2. The van der Waals surface area contributed by atoms with E-state index >= 15 is 0 Å². The lowest BCUT2D eigenvalue weighted by Gasteiger charge is -2.15. The highest BCUT2D eigenvalue weighted by atomic mass is 16.5. The number of hydrogen-bond acceptors (Lipinski definition) is 3. The fourth-order valence-corrected chi connectivity index (χ4v) is 3.14. The molecule has 0 aliphatic rings.